The molecule has 0 spiro atoms. The van der Waals surface area contributed by atoms with Crippen LogP contribution in [0.1, 0.15) is 11.5 Å². The van der Waals surface area contributed by atoms with Gasteiger partial charge in [-0.1, -0.05) is 6.07 Å². The molecule has 1 heterocycles. The normalized spacial score (nSPS) is 11.4. The molecular weight excluding hydrogens is 350 g/mol. The van der Waals surface area contributed by atoms with Crippen molar-refractivity contribution in [2.24, 2.45) is 0 Å². The van der Waals surface area contributed by atoms with Gasteiger partial charge in [-0.3, -0.25) is 4.72 Å². The molecule has 0 radical (unpaired) electrons. The quantitative estimate of drug-likeness (QED) is 0.738. The molecule has 7 heteroatoms. The zero-order valence-corrected chi connectivity index (χ0v) is 16.0. The fourth-order valence-electron chi connectivity index (χ4n) is 2.66. The van der Waals surface area contributed by atoms with Crippen molar-refractivity contribution in [3.05, 3.63) is 60.1 Å². The van der Waals surface area contributed by atoms with Gasteiger partial charge in [0.25, 0.3) is 10.0 Å². The molecule has 0 aliphatic rings. The number of anilines is 2. The minimum atomic E-state index is -3.68. The molecule has 0 bridgehead atoms. The molecule has 0 saturated carbocycles. The van der Waals surface area contributed by atoms with Crippen molar-refractivity contribution >= 4 is 21.4 Å². The molecule has 0 fully saturated rings. The number of hydrogen-bond donors (Lipinski definition) is 1. The molecule has 0 unspecified atom stereocenters. The van der Waals surface area contributed by atoms with Gasteiger partial charge in [0.15, 0.2) is 11.7 Å². The van der Waals surface area contributed by atoms with Crippen LogP contribution < -0.4 is 9.62 Å². The standard InChI is InChI=1S/C19H21N3O3S/c1-13-5-8-16(11-18(13)22(3)4)21-26(23,24)17-9-6-15(7-10-17)19-12-20-14(2)25-19/h5-12,21H,1-4H3. The predicted octanol–water partition coefficient (Wildman–Crippen LogP) is 3.83. The van der Waals surface area contributed by atoms with Gasteiger partial charge in [-0.25, -0.2) is 13.4 Å². The second kappa shape index (κ2) is 6.84. The Hall–Kier alpha value is -2.80. The summed E-state index contributed by atoms with van der Waals surface area (Å²) in [5.74, 6) is 1.17. The van der Waals surface area contributed by atoms with Crippen LogP contribution in [0, 0.1) is 13.8 Å². The first-order valence-electron chi connectivity index (χ1n) is 8.10. The van der Waals surface area contributed by atoms with Gasteiger partial charge in [0.1, 0.15) is 0 Å². The molecule has 0 aliphatic heterocycles. The van der Waals surface area contributed by atoms with Crippen molar-refractivity contribution in [1.82, 2.24) is 4.98 Å². The maximum Gasteiger partial charge on any atom is 0.261 e. The summed E-state index contributed by atoms with van der Waals surface area (Å²) in [5, 5.41) is 0. The molecular formula is C19H21N3O3S. The van der Waals surface area contributed by atoms with E-state index in [2.05, 4.69) is 9.71 Å². The fraction of sp³-hybridized carbons (Fsp3) is 0.211. The van der Waals surface area contributed by atoms with Gasteiger partial charge in [-0.2, -0.15) is 0 Å². The van der Waals surface area contributed by atoms with Crippen molar-refractivity contribution in [2.75, 3.05) is 23.7 Å². The summed E-state index contributed by atoms with van der Waals surface area (Å²) in [6.45, 7) is 3.74. The van der Waals surface area contributed by atoms with Crippen LogP contribution in [0.15, 0.2) is 58.0 Å². The van der Waals surface area contributed by atoms with E-state index in [9.17, 15) is 8.42 Å². The Bertz CT molecular complexity index is 1020. The molecule has 1 N–H and O–H groups in total. The zero-order valence-electron chi connectivity index (χ0n) is 15.1. The van der Waals surface area contributed by atoms with Gasteiger partial charge in [-0.15, -0.1) is 0 Å². The highest BCUT2D eigenvalue weighted by Crippen LogP contribution is 2.26. The van der Waals surface area contributed by atoms with Crippen LogP contribution in [0.25, 0.3) is 11.3 Å². The molecule has 3 rings (SSSR count). The van der Waals surface area contributed by atoms with E-state index in [-0.39, 0.29) is 4.90 Å². The summed E-state index contributed by atoms with van der Waals surface area (Å²) in [4.78, 5) is 6.18. The Morgan fingerprint density at radius 3 is 2.31 bits per heavy atom. The van der Waals surface area contributed by atoms with E-state index in [4.69, 9.17) is 4.42 Å². The van der Waals surface area contributed by atoms with E-state index in [0.29, 0.717) is 17.3 Å². The van der Waals surface area contributed by atoms with Crippen molar-refractivity contribution in [3.8, 4) is 11.3 Å². The topological polar surface area (TPSA) is 75.4 Å². The van der Waals surface area contributed by atoms with E-state index in [1.165, 1.54) is 0 Å². The maximum absolute atomic E-state index is 12.7. The minimum absolute atomic E-state index is 0.185. The van der Waals surface area contributed by atoms with Gasteiger partial charge in [-0.05, 0) is 48.9 Å². The number of hydrogen-bond acceptors (Lipinski definition) is 5. The lowest BCUT2D eigenvalue weighted by Crippen LogP contribution is -2.14. The van der Waals surface area contributed by atoms with Crippen molar-refractivity contribution in [2.45, 2.75) is 18.7 Å². The summed E-state index contributed by atoms with van der Waals surface area (Å²) in [6.07, 6.45) is 1.62. The number of sulfonamides is 1. The third-order valence-corrected chi connectivity index (χ3v) is 5.41. The number of benzene rings is 2. The van der Waals surface area contributed by atoms with Gasteiger partial charge < -0.3 is 9.32 Å². The van der Waals surface area contributed by atoms with E-state index in [1.807, 2.05) is 38.1 Å². The summed E-state index contributed by atoms with van der Waals surface area (Å²) in [6, 6.07) is 12.0. The van der Waals surface area contributed by atoms with Crippen LogP contribution in [0.3, 0.4) is 0 Å². The summed E-state index contributed by atoms with van der Waals surface area (Å²) >= 11 is 0. The van der Waals surface area contributed by atoms with E-state index in [1.54, 1.807) is 43.5 Å². The first kappa shape index (κ1) is 18.0. The Labute approximate surface area is 153 Å². The molecule has 136 valence electrons. The highest BCUT2D eigenvalue weighted by molar-refractivity contribution is 7.92. The number of aryl methyl sites for hydroxylation is 2. The number of nitrogens with one attached hydrogen (secondary N) is 1. The van der Waals surface area contributed by atoms with E-state index in [0.717, 1.165) is 16.8 Å². The van der Waals surface area contributed by atoms with Crippen LogP contribution in [0.5, 0.6) is 0 Å². The Balaban J connectivity index is 1.85. The average molecular weight is 371 g/mol. The minimum Gasteiger partial charge on any atom is -0.441 e. The number of oxazole rings is 1. The molecule has 3 aromatic rings. The zero-order chi connectivity index (χ0) is 18.9. The molecule has 0 saturated heterocycles. The highest BCUT2D eigenvalue weighted by atomic mass is 32.2. The number of nitrogens with zero attached hydrogens (tertiary/aromatic N) is 2. The van der Waals surface area contributed by atoms with Gasteiger partial charge in [0.2, 0.25) is 0 Å². The lowest BCUT2D eigenvalue weighted by molar-refractivity contribution is 0.534. The molecule has 0 atom stereocenters. The molecule has 0 amide bonds. The van der Waals surface area contributed by atoms with Crippen LogP contribution in [-0.4, -0.2) is 27.5 Å². The van der Waals surface area contributed by atoms with Crippen molar-refractivity contribution in [3.63, 3.8) is 0 Å². The summed E-state index contributed by atoms with van der Waals surface area (Å²) in [5.41, 5.74) is 3.33. The number of aromatic nitrogens is 1. The Morgan fingerprint density at radius 2 is 1.73 bits per heavy atom. The van der Waals surface area contributed by atoms with Gasteiger partial charge >= 0.3 is 0 Å². The molecule has 26 heavy (non-hydrogen) atoms. The van der Waals surface area contributed by atoms with Crippen LogP contribution in [0.4, 0.5) is 11.4 Å². The molecule has 6 nitrogen and oxygen atoms in total. The third-order valence-electron chi connectivity index (χ3n) is 4.01. The predicted molar refractivity (Wildman–Crippen MR) is 103 cm³/mol. The summed E-state index contributed by atoms with van der Waals surface area (Å²) in [7, 11) is 0.165. The second-order valence-corrected chi connectivity index (χ2v) is 7.95. The van der Waals surface area contributed by atoms with Crippen LogP contribution in [0.2, 0.25) is 0 Å². The van der Waals surface area contributed by atoms with E-state index < -0.39 is 10.0 Å². The third kappa shape index (κ3) is 3.72. The molecule has 1 aromatic heterocycles. The molecule has 0 aliphatic carbocycles. The Morgan fingerprint density at radius 1 is 1.04 bits per heavy atom. The van der Waals surface area contributed by atoms with Crippen molar-refractivity contribution < 1.29 is 12.8 Å². The van der Waals surface area contributed by atoms with E-state index >= 15 is 0 Å². The smallest absolute Gasteiger partial charge is 0.261 e. The first-order chi connectivity index (χ1) is 12.3. The lowest BCUT2D eigenvalue weighted by Gasteiger charge is -2.17. The summed E-state index contributed by atoms with van der Waals surface area (Å²) < 4.78 is 33.4. The maximum atomic E-state index is 12.7. The fourth-order valence-corrected chi connectivity index (χ4v) is 3.71. The monoisotopic (exact) mass is 371 g/mol. The Kier molecular flexibility index (Phi) is 4.73. The van der Waals surface area contributed by atoms with Crippen molar-refractivity contribution in [1.29, 1.82) is 0 Å². The van der Waals surface area contributed by atoms with Crippen LogP contribution >= 0.6 is 0 Å². The van der Waals surface area contributed by atoms with Crippen LogP contribution in [-0.2, 0) is 10.0 Å². The highest BCUT2D eigenvalue weighted by Gasteiger charge is 2.16. The van der Waals surface area contributed by atoms with Gasteiger partial charge in [0.05, 0.1) is 16.8 Å². The average Bonchev–Trinajstić information content (AvgIpc) is 3.03. The van der Waals surface area contributed by atoms with Gasteiger partial charge in [0, 0.05) is 32.3 Å². The SMILES string of the molecule is Cc1ncc(-c2ccc(S(=O)(=O)Nc3ccc(C)c(N(C)C)c3)cc2)o1. The lowest BCUT2D eigenvalue weighted by atomic mass is 10.2. The largest absolute Gasteiger partial charge is 0.441 e. The second-order valence-electron chi connectivity index (χ2n) is 6.27. The number of rotatable bonds is 5. The molecule has 2 aromatic carbocycles. The first-order valence-corrected chi connectivity index (χ1v) is 9.58.